The number of aliphatic hydroxyl groups excluding tert-OH is 1. The number of nitrogens with one attached hydrogen (secondary N) is 1. The number of phenolic OH excluding ortho intramolecular Hbond substituents is 2. The van der Waals surface area contributed by atoms with Gasteiger partial charge in [0.25, 0.3) is 0 Å². The van der Waals surface area contributed by atoms with Crippen LogP contribution in [-0.2, 0) is 41.5 Å². The predicted octanol–water partition coefficient (Wildman–Crippen LogP) is 4.42. The summed E-state index contributed by atoms with van der Waals surface area (Å²) in [6.07, 6.45) is -3.52. The molecule has 0 aromatic heterocycles. The molecule has 0 unspecified atom stereocenters. The largest absolute Gasteiger partial charge is 0.507 e. The molecule has 0 saturated carbocycles. The number of fused-ring (bicyclic) bond motifs is 4. The summed E-state index contributed by atoms with van der Waals surface area (Å²) in [5, 5.41) is 47.6. The van der Waals surface area contributed by atoms with Gasteiger partial charge in [-0.15, -0.1) is 0 Å². The predicted molar refractivity (Wildman–Crippen MR) is 204 cm³/mol. The Hall–Kier alpha value is -5.59. The van der Waals surface area contributed by atoms with Crippen molar-refractivity contribution in [1.82, 2.24) is 4.90 Å². The van der Waals surface area contributed by atoms with Gasteiger partial charge < -0.3 is 48.8 Å². The van der Waals surface area contributed by atoms with E-state index in [1.807, 2.05) is 0 Å². The first-order valence-corrected chi connectivity index (χ1v) is 19.4. The maximum absolute atomic E-state index is 14.0. The van der Waals surface area contributed by atoms with Gasteiger partial charge >= 0.3 is 12.2 Å². The molecular formula is C42H46N2O15. The number of ketones is 3. The van der Waals surface area contributed by atoms with Crippen LogP contribution in [0.2, 0.25) is 0 Å². The summed E-state index contributed by atoms with van der Waals surface area (Å²) in [5.74, 6) is -3.97. The molecule has 3 aromatic carbocycles. The van der Waals surface area contributed by atoms with Crippen LogP contribution < -0.4 is 10.1 Å². The van der Waals surface area contributed by atoms with Crippen molar-refractivity contribution in [3.63, 3.8) is 0 Å². The Morgan fingerprint density at radius 2 is 1.73 bits per heavy atom. The molecule has 5 N–H and O–H groups in total. The van der Waals surface area contributed by atoms with E-state index < -0.39 is 108 Å². The van der Waals surface area contributed by atoms with Gasteiger partial charge in [-0.2, -0.15) is 0 Å². The van der Waals surface area contributed by atoms with E-state index in [0.717, 1.165) is 19.3 Å². The number of carbonyl (C=O) groups is 5. The number of benzene rings is 3. The second-order valence-corrected chi connectivity index (χ2v) is 15.0. The van der Waals surface area contributed by atoms with Gasteiger partial charge in [0.15, 0.2) is 17.9 Å². The van der Waals surface area contributed by atoms with Crippen molar-refractivity contribution >= 4 is 35.2 Å². The van der Waals surface area contributed by atoms with Gasteiger partial charge in [0.2, 0.25) is 5.78 Å². The quantitative estimate of drug-likeness (QED) is 0.0983. The van der Waals surface area contributed by atoms with Gasteiger partial charge in [0, 0.05) is 41.6 Å². The first kappa shape index (κ1) is 41.6. The lowest BCUT2D eigenvalue weighted by Gasteiger charge is -2.42. The molecule has 59 heavy (non-hydrogen) atoms. The van der Waals surface area contributed by atoms with E-state index in [9.17, 15) is 44.4 Å². The Morgan fingerprint density at radius 1 is 0.983 bits per heavy atom. The summed E-state index contributed by atoms with van der Waals surface area (Å²) in [4.78, 5) is 67.7. The van der Waals surface area contributed by atoms with Crippen molar-refractivity contribution in [1.29, 1.82) is 0 Å². The molecule has 2 saturated heterocycles. The highest BCUT2D eigenvalue weighted by Crippen LogP contribution is 2.53. The fraction of sp³-hybridized carbons (Fsp3) is 0.452. The normalized spacial score (nSPS) is 24.4. The number of rotatable bonds is 12. The van der Waals surface area contributed by atoms with Crippen LogP contribution in [0, 0.1) is 0 Å². The Labute approximate surface area is 338 Å². The number of hydrogen-bond donors (Lipinski definition) is 5. The molecule has 2 aliphatic heterocycles. The summed E-state index contributed by atoms with van der Waals surface area (Å²) < 4.78 is 34.6. The van der Waals surface area contributed by atoms with Crippen molar-refractivity contribution in [2.45, 2.75) is 95.2 Å². The van der Waals surface area contributed by atoms with E-state index in [-0.39, 0.29) is 47.8 Å². The number of methoxy groups -OCH3 is 1. The van der Waals surface area contributed by atoms with Crippen molar-refractivity contribution in [3.05, 3.63) is 81.4 Å². The molecule has 2 fully saturated rings. The number of nitrogens with zero attached hydrogens (tertiary/aromatic N) is 1. The highest BCUT2D eigenvalue weighted by atomic mass is 16.7. The Bertz CT molecular complexity index is 2160. The number of hydrogen-bond acceptors (Lipinski definition) is 15. The van der Waals surface area contributed by atoms with Crippen LogP contribution >= 0.6 is 0 Å². The lowest BCUT2D eigenvalue weighted by atomic mass is 9.72. The molecular weight excluding hydrogens is 772 g/mol. The molecule has 2 heterocycles. The second-order valence-electron chi connectivity index (χ2n) is 15.0. The molecule has 6 atom stereocenters. The maximum Gasteiger partial charge on any atom is 0.412 e. The molecule has 0 radical (unpaired) electrons. The van der Waals surface area contributed by atoms with Crippen LogP contribution in [0.4, 0.5) is 15.3 Å². The summed E-state index contributed by atoms with van der Waals surface area (Å²) in [6, 6.07) is 10.4. The van der Waals surface area contributed by atoms with Crippen LogP contribution in [0.15, 0.2) is 42.5 Å². The van der Waals surface area contributed by atoms with Crippen molar-refractivity contribution in [2.75, 3.05) is 32.4 Å². The number of aromatic hydroxyl groups is 2. The lowest BCUT2D eigenvalue weighted by molar-refractivity contribution is -0.246. The molecule has 17 nitrogen and oxygen atoms in total. The van der Waals surface area contributed by atoms with E-state index in [0.29, 0.717) is 17.9 Å². The molecule has 3 aromatic rings. The maximum atomic E-state index is 14.0. The summed E-state index contributed by atoms with van der Waals surface area (Å²) in [5.41, 5.74) is -2.76. The smallest absolute Gasteiger partial charge is 0.412 e. The molecule has 4 aliphatic rings. The minimum atomic E-state index is -2.33. The van der Waals surface area contributed by atoms with Gasteiger partial charge in [0.05, 0.1) is 48.7 Å². The zero-order valence-electron chi connectivity index (χ0n) is 32.7. The SMILES string of the molecule is CCCCCOC(=O)Nc1ccc(COC(=O)N2CO[C@@H]3[C@H](C)O[C@@H](O[C@H]4C[C@](O)(C(=O)CO)Cc5c(O)c6c(c(O)c54)C(=O)c4c(OC)cccc4C6=O)C[C@@H]32)cc1. The molecule has 0 spiro atoms. The van der Waals surface area contributed by atoms with Crippen LogP contribution in [0.5, 0.6) is 17.2 Å². The Balaban J connectivity index is 1.09. The zero-order valence-corrected chi connectivity index (χ0v) is 32.7. The highest BCUT2D eigenvalue weighted by molar-refractivity contribution is 6.31. The summed E-state index contributed by atoms with van der Waals surface area (Å²) in [7, 11) is 1.32. The van der Waals surface area contributed by atoms with Crippen LogP contribution in [0.3, 0.4) is 0 Å². The minimum Gasteiger partial charge on any atom is -0.507 e. The monoisotopic (exact) mass is 818 g/mol. The van der Waals surface area contributed by atoms with Gasteiger partial charge in [-0.25, -0.2) is 9.59 Å². The van der Waals surface area contributed by atoms with Crippen molar-refractivity contribution in [3.8, 4) is 17.2 Å². The van der Waals surface area contributed by atoms with E-state index in [4.69, 9.17) is 28.4 Å². The first-order chi connectivity index (χ1) is 28.3. The standard InChI is InChI=1S/C42H46N2O15/c1-4-5-6-14-55-40(51)43-23-12-10-22(11-13-23)19-56-41(52)44-20-57-39-21(2)58-30(15-26(39)44)59-28-17-42(53,29(46)18-45)16-25-32(28)38(50)34-33(36(25)48)35(47)24-8-7-9-27(54-3)31(24)37(34)49/h7-13,21,26,28,30,39,45,48,50,53H,4-6,14-20H2,1-3H3,(H,43,51)/t21-,26-,28-,30-,39+,42-/m0/s1. The van der Waals surface area contributed by atoms with Gasteiger partial charge in [-0.3, -0.25) is 24.6 Å². The van der Waals surface area contributed by atoms with Gasteiger partial charge in [-0.05, 0) is 37.1 Å². The van der Waals surface area contributed by atoms with Gasteiger partial charge in [0.1, 0.15) is 48.9 Å². The van der Waals surface area contributed by atoms with Crippen LogP contribution in [0.25, 0.3) is 0 Å². The highest BCUT2D eigenvalue weighted by Gasteiger charge is 2.52. The average molecular weight is 819 g/mol. The third-order valence-electron chi connectivity index (χ3n) is 11.3. The summed E-state index contributed by atoms with van der Waals surface area (Å²) >= 11 is 0. The van der Waals surface area contributed by atoms with E-state index >= 15 is 0 Å². The Kier molecular flexibility index (Phi) is 11.9. The number of carbonyl (C=O) groups excluding carboxylic acids is 5. The fourth-order valence-corrected chi connectivity index (χ4v) is 8.27. The fourth-order valence-electron chi connectivity index (χ4n) is 8.27. The van der Waals surface area contributed by atoms with E-state index in [1.54, 1.807) is 31.2 Å². The van der Waals surface area contributed by atoms with E-state index in [2.05, 4.69) is 12.2 Å². The molecule has 7 rings (SSSR count). The van der Waals surface area contributed by atoms with Gasteiger partial charge in [-0.1, -0.05) is 44.0 Å². The number of unbranched alkanes of at least 4 members (excludes halogenated alkanes) is 2. The minimum absolute atomic E-state index is 0.00307. The number of Topliss-reactive ketones (excluding diaryl/α,β-unsaturated/α-hetero) is 1. The van der Waals surface area contributed by atoms with Crippen LogP contribution in [0.1, 0.15) is 101 Å². The Morgan fingerprint density at radius 3 is 2.44 bits per heavy atom. The number of amides is 2. The van der Waals surface area contributed by atoms with Crippen molar-refractivity contribution in [2.24, 2.45) is 0 Å². The number of phenols is 2. The molecule has 314 valence electrons. The van der Waals surface area contributed by atoms with Crippen molar-refractivity contribution < 1.29 is 72.8 Å². The van der Waals surface area contributed by atoms with E-state index in [1.165, 1.54) is 30.2 Å². The average Bonchev–Trinajstić information content (AvgIpc) is 3.66. The molecule has 17 heteroatoms. The number of aliphatic hydroxyl groups is 2. The second kappa shape index (κ2) is 16.9. The molecule has 2 amide bonds. The third-order valence-corrected chi connectivity index (χ3v) is 11.3. The molecule has 2 aliphatic carbocycles. The third kappa shape index (κ3) is 7.83. The number of ether oxygens (including phenoxy) is 6. The number of anilines is 1. The lowest BCUT2D eigenvalue weighted by Crippen LogP contribution is -2.52. The first-order valence-electron chi connectivity index (χ1n) is 19.4. The zero-order chi connectivity index (χ0) is 42.2. The summed E-state index contributed by atoms with van der Waals surface area (Å²) in [6.45, 7) is 2.79. The molecule has 0 bridgehead atoms. The topological polar surface area (TPSA) is 237 Å². The van der Waals surface area contributed by atoms with Crippen LogP contribution in [-0.4, -0.2) is 112 Å².